The van der Waals surface area contributed by atoms with E-state index in [1.54, 1.807) is 19.2 Å². The van der Waals surface area contributed by atoms with Gasteiger partial charge in [0.2, 0.25) is 5.91 Å². The lowest BCUT2D eigenvalue weighted by Crippen LogP contribution is -2.22. The second-order valence-electron chi connectivity index (χ2n) is 4.80. The highest BCUT2D eigenvalue weighted by atomic mass is 16.6. The van der Waals surface area contributed by atoms with E-state index in [0.717, 1.165) is 12.8 Å². The third-order valence-corrected chi connectivity index (χ3v) is 2.89. The number of hydrogen-bond donors (Lipinski definition) is 1. The van der Waals surface area contributed by atoms with Gasteiger partial charge < -0.3 is 14.8 Å². The number of rotatable bonds is 10. The molecule has 0 aliphatic rings. The molecule has 1 amide bonds. The maximum absolute atomic E-state index is 11.6. The maximum Gasteiger partial charge on any atom is 0.311 e. The molecule has 23 heavy (non-hydrogen) atoms. The van der Waals surface area contributed by atoms with Crippen LogP contribution in [0.1, 0.15) is 25.3 Å². The number of nitrogens with one attached hydrogen (secondary N) is 1. The molecule has 1 rings (SSSR count). The molecule has 0 radical (unpaired) electrons. The average Bonchev–Trinajstić information content (AvgIpc) is 2.55. The van der Waals surface area contributed by atoms with Gasteiger partial charge in [0.15, 0.2) is 5.75 Å². The van der Waals surface area contributed by atoms with Gasteiger partial charge in [-0.05, 0) is 30.5 Å². The van der Waals surface area contributed by atoms with Gasteiger partial charge in [-0.15, -0.1) is 0 Å². The molecule has 0 unspecified atom stereocenters. The molecule has 1 aromatic carbocycles. The van der Waals surface area contributed by atoms with Crippen molar-refractivity contribution in [1.82, 2.24) is 5.32 Å². The summed E-state index contributed by atoms with van der Waals surface area (Å²) in [5.41, 5.74) is 0.452. The van der Waals surface area contributed by atoms with Crippen molar-refractivity contribution >= 4 is 17.7 Å². The van der Waals surface area contributed by atoms with Gasteiger partial charge >= 0.3 is 5.69 Å². The van der Waals surface area contributed by atoms with Crippen LogP contribution in [-0.4, -0.2) is 37.7 Å². The largest absolute Gasteiger partial charge is 0.487 e. The molecule has 1 N–H and O–H groups in total. The number of carbonyl (C=O) groups is 1. The molecule has 0 fully saturated rings. The molecule has 0 saturated carbocycles. The third-order valence-electron chi connectivity index (χ3n) is 2.89. The molecule has 0 saturated heterocycles. The second-order valence-corrected chi connectivity index (χ2v) is 4.80. The third kappa shape index (κ3) is 6.92. The van der Waals surface area contributed by atoms with Crippen molar-refractivity contribution in [3.05, 3.63) is 40.0 Å². The van der Waals surface area contributed by atoms with Gasteiger partial charge in [-0.1, -0.05) is 13.0 Å². The summed E-state index contributed by atoms with van der Waals surface area (Å²) in [6.07, 6.45) is 4.37. The molecule has 1 aromatic rings. The zero-order valence-electron chi connectivity index (χ0n) is 13.4. The van der Waals surface area contributed by atoms with Crippen LogP contribution in [0.15, 0.2) is 24.3 Å². The Labute approximate surface area is 135 Å². The zero-order valence-corrected chi connectivity index (χ0v) is 13.4. The second kappa shape index (κ2) is 10.3. The molecule has 0 aliphatic heterocycles. The van der Waals surface area contributed by atoms with Crippen LogP contribution in [0.4, 0.5) is 5.69 Å². The molecular formula is C16H22N2O5. The van der Waals surface area contributed by atoms with E-state index >= 15 is 0 Å². The lowest BCUT2D eigenvalue weighted by atomic mass is 10.1. The van der Waals surface area contributed by atoms with Crippen LogP contribution < -0.4 is 10.1 Å². The summed E-state index contributed by atoms with van der Waals surface area (Å²) in [6, 6.07) is 4.61. The van der Waals surface area contributed by atoms with E-state index in [1.165, 1.54) is 18.2 Å². The minimum absolute atomic E-state index is 0.110. The molecule has 0 aliphatic carbocycles. The average molecular weight is 322 g/mol. The Bertz CT molecular complexity index is 557. The molecule has 0 atom stereocenters. The monoisotopic (exact) mass is 322 g/mol. The number of ether oxygens (including phenoxy) is 2. The molecule has 0 bridgehead atoms. The van der Waals surface area contributed by atoms with Gasteiger partial charge in [0.25, 0.3) is 0 Å². The first-order chi connectivity index (χ1) is 11.1. The van der Waals surface area contributed by atoms with Crippen molar-refractivity contribution in [3.8, 4) is 5.75 Å². The summed E-state index contributed by atoms with van der Waals surface area (Å²) in [7, 11) is 1.60. The Hall–Kier alpha value is -2.41. The SMILES string of the molecule is CCCOc1ccc(/C=C/C(=O)NCCCOC)cc1[N+](=O)[O-]. The van der Waals surface area contributed by atoms with E-state index in [9.17, 15) is 14.9 Å². The van der Waals surface area contributed by atoms with Gasteiger partial charge in [0.1, 0.15) is 0 Å². The van der Waals surface area contributed by atoms with Gasteiger partial charge in [0, 0.05) is 32.4 Å². The fourth-order valence-corrected chi connectivity index (χ4v) is 1.77. The topological polar surface area (TPSA) is 90.7 Å². The van der Waals surface area contributed by atoms with Crippen molar-refractivity contribution in [3.63, 3.8) is 0 Å². The number of methoxy groups -OCH3 is 1. The van der Waals surface area contributed by atoms with E-state index in [-0.39, 0.29) is 17.3 Å². The van der Waals surface area contributed by atoms with Crippen molar-refractivity contribution in [2.75, 3.05) is 26.9 Å². The first-order valence-electron chi connectivity index (χ1n) is 7.44. The quantitative estimate of drug-likeness (QED) is 0.309. The van der Waals surface area contributed by atoms with E-state index < -0.39 is 4.92 Å². The van der Waals surface area contributed by atoms with Crippen LogP contribution >= 0.6 is 0 Å². The Kier molecular flexibility index (Phi) is 8.38. The van der Waals surface area contributed by atoms with Crippen molar-refractivity contribution < 1.29 is 19.2 Å². The Morgan fingerprint density at radius 3 is 2.83 bits per heavy atom. The summed E-state index contributed by atoms with van der Waals surface area (Å²) in [4.78, 5) is 22.2. The van der Waals surface area contributed by atoms with Crippen LogP contribution in [0, 0.1) is 10.1 Å². The number of carbonyl (C=O) groups excluding carboxylic acids is 1. The fourth-order valence-electron chi connectivity index (χ4n) is 1.77. The van der Waals surface area contributed by atoms with Gasteiger partial charge in [-0.2, -0.15) is 0 Å². The van der Waals surface area contributed by atoms with E-state index in [2.05, 4.69) is 5.32 Å². The molecule has 0 aromatic heterocycles. The minimum atomic E-state index is -0.493. The van der Waals surface area contributed by atoms with Crippen molar-refractivity contribution in [2.24, 2.45) is 0 Å². The molecule has 7 heteroatoms. The highest BCUT2D eigenvalue weighted by Gasteiger charge is 2.15. The normalized spacial score (nSPS) is 10.7. The molecular weight excluding hydrogens is 300 g/mol. The summed E-state index contributed by atoms with van der Waals surface area (Å²) in [6.45, 7) is 3.43. The molecule has 0 spiro atoms. The molecule has 0 heterocycles. The predicted octanol–water partition coefficient (Wildman–Crippen LogP) is 2.55. The van der Waals surface area contributed by atoms with Gasteiger partial charge in [0.05, 0.1) is 11.5 Å². The van der Waals surface area contributed by atoms with Crippen LogP contribution in [-0.2, 0) is 9.53 Å². The summed E-state index contributed by atoms with van der Waals surface area (Å²) >= 11 is 0. The van der Waals surface area contributed by atoms with Crippen LogP contribution in [0.25, 0.3) is 6.08 Å². The minimum Gasteiger partial charge on any atom is -0.487 e. The van der Waals surface area contributed by atoms with Crippen molar-refractivity contribution in [1.29, 1.82) is 0 Å². The number of benzene rings is 1. The Morgan fingerprint density at radius 1 is 1.39 bits per heavy atom. The number of amides is 1. The van der Waals surface area contributed by atoms with Crippen LogP contribution in [0.2, 0.25) is 0 Å². The van der Waals surface area contributed by atoms with E-state index in [4.69, 9.17) is 9.47 Å². The number of nitro benzene ring substituents is 1. The van der Waals surface area contributed by atoms with Crippen molar-refractivity contribution in [2.45, 2.75) is 19.8 Å². The Balaban J connectivity index is 2.69. The highest BCUT2D eigenvalue weighted by Crippen LogP contribution is 2.28. The van der Waals surface area contributed by atoms with E-state index in [1.807, 2.05) is 6.92 Å². The predicted molar refractivity (Wildman–Crippen MR) is 87.4 cm³/mol. The standard InChI is InChI=1S/C16H22N2O5/c1-3-10-23-15-7-5-13(12-14(15)18(20)21)6-8-16(19)17-9-4-11-22-2/h5-8,12H,3-4,9-11H2,1-2H3,(H,17,19)/b8-6+. The first-order valence-corrected chi connectivity index (χ1v) is 7.44. The lowest BCUT2D eigenvalue weighted by molar-refractivity contribution is -0.385. The lowest BCUT2D eigenvalue weighted by Gasteiger charge is -2.06. The maximum atomic E-state index is 11.6. The van der Waals surface area contributed by atoms with Gasteiger partial charge in [-0.25, -0.2) is 0 Å². The summed E-state index contributed by atoms with van der Waals surface area (Å²) in [5, 5.41) is 13.8. The number of nitrogens with zero attached hydrogens (tertiary/aromatic N) is 1. The number of nitro groups is 1. The Morgan fingerprint density at radius 2 is 2.17 bits per heavy atom. The highest BCUT2D eigenvalue weighted by molar-refractivity contribution is 5.91. The summed E-state index contributed by atoms with van der Waals surface area (Å²) in [5.74, 6) is -0.0203. The summed E-state index contributed by atoms with van der Waals surface area (Å²) < 4.78 is 10.2. The van der Waals surface area contributed by atoms with E-state index in [0.29, 0.717) is 25.3 Å². The zero-order chi connectivity index (χ0) is 17.1. The molecule has 7 nitrogen and oxygen atoms in total. The molecule has 126 valence electrons. The van der Waals surface area contributed by atoms with Gasteiger partial charge in [-0.3, -0.25) is 14.9 Å². The fraction of sp³-hybridized carbons (Fsp3) is 0.438. The van der Waals surface area contributed by atoms with Crippen LogP contribution in [0.3, 0.4) is 0 Å². The number of hydrogen-bond acceptors (Lipinski definition) is 5. The first kappa shape index (κ1) is 18.6. The van der Waals surface area contributed by atoms with Crippen LogP contribution in [0.5, 0.6) is 5.75 Å². The smallest absolute Gasteiger partial charge is 0.311 e.